The zero-order valence-corrected chi connectivity index (χ0v) is 14.3. The predicted molar refractivity (Wildman–Crippen MR) is 99.1 cm³/mol. The molecule has 3 rings (SSSR count). The van der Waals surface area contributed by atoms with Crippen molar-refractivity contribution in [3.05, 3.63) is 70.5 Å². The molecular formula is C20H20N2O3. The average molecular weight is 336 g/mol. The van der Waals surface area contributed by atoms with Crippen molar-refractivity contribution in [1.82, 2.24) is 4.57 Å². The first-order chi connectivity index (χ1) is 12.1. The number of hydrogen-bond donors (Lipinski definition) is 1. The van der Waals surface area contributed by atoms with Crippen LogP contribution in [0.1, 0.15) is 12.5 Å². The number of rotatable bonds is 5. The Kier molecular flexibility index (Phi) is 4.84. The fraction of sp³-hybridized carbons (Fsp3) is 0.200. The summed E-state index contributed by atoms with van der Waals surface area (Å²) in [4.78, 5) is 24.2. The molecule has 0 fully saturated rings. The molecule has 0 atom stereocenters. The Morgan fingerprint density at radius 2 is 1.92 bits per heavy atom. The van der Waals surface area contributed by atoms with E-state index in [1.54, 1.807) is 11.6 Å². The van der Waals surface area contributed by atoms with Crippen molar-refractivity contribution in [3.8, 4) is 5.75 Å². The van der Waals surface area contributed by atoms with Gasteiger partial charge >= 0.3 is 0 Å². The Hall–Kier alpha value is -3.08. The van der Waals surface area contributed by atoms with Gasteiger partial charge in [-0.1, -0.05) is 31.2 Å². The highest BCUT2D eigenvalue weighted by molar-refractivity contribution is 5.92. The zero-order valence-electron chi connectivity index (χ0n) is 14.3. The number of aromatic nitrogens is 1. The second-order valence-electron chi connectivity index (χ2n) is 5.81. The van der Waals surface area contributed by atoms with E-state index in [4.69, 9.17) is 4.74 Å². The van der Waals surface area contributed by atoms with Crippen molar-refractivity contribution in [2.45, 2.75) is 13.3 Å². The Morgan fingerprint density at radius 3 is 2.72 bits per heavy atom. The van der Waals surface area contributed by atoms with E-state index in [1.165, 1.54) is 6.07 Å². The molecule has 25 heavy (non-hydrogen) atoms. The van der Waals surface area contributed by atoms with E-state index in [9.17, 15) is 9.59 Å². The number of carbonyl (C=O) groups excluding carboxylic acids is 1. The van der Waals surface area contributed by atoms with Crippen molar-refractivity contribution >= 4 is 22.5 Å². The monoisotopic (exact) mass is 336 g/mol. The van der Waals surface area contributed by atoms with Crippen LogP contribution in [0.25, 0.3) is 10.9 Å². The maximum atomic E-state index is 12.2. The highest BCUT2D eigenvalue weighted by Crippen LogP contribution is 2.23. The molecule has 0 spiro atoms. The number of hydrogen-bond acceptors (Lipinski definition) is 3. The summed E-state index contributed by atoms with van der Waals surface area (Å²) in [6.45, 7) is 1.90. The number of nitrogens with zero attached hydrogens (tertiary/aromatic N) is 1. The molecule has 1 heterocycles. The molecule has 5 nitrogen and oxygen atoms in total. The van der Waals surface area contributed by atoms with Crippen LogP contribution in [0, 0.1) is 0 Å². The first kappa shape index (κ1) is 16.8. The van der Waals surface area contributed by atoms with Gasteiger partial charge in [0.25, 0.3) is 11.5 Å². The molecular weight excluding hydrogens is 316 g/mol. The summed E-state index contributed by atoms with van der Waals surface area (Å²) in [6.07, 6.45) is 0.902. The molecule has 3 aromatic rings. The lowest BCUT2D eigenvalue weighted by molar-refractivity contribution is -0.118. The largest absolute Gasteiger partial charge is 0.483 e. The number of pyridine rings is 1. The molecule has 1 N–H and O–H groups in total. The number of aryl methyl sites for hydroxylation is 2. The molecule has 0 aliphatic heterocycles. The maximum absolute atomic E-state index is 12.2. The molecule has 5 heteroatoms. The summed E-state index contributed by atoms with van der Waals surface area (Å²) in [7, 11) is 1.71. The van der Waals surface area contributed by atoms with E-state index in [0.717, 1.165) is 28.6 Å². The summed E-state index contributed by atoms with van der Waals surface area (Å²) < 4.78 is 7.17. The highest BCUT2D eigenvalue weighted by atomic mass is 16.5. The standard InChI is InChI=1S/C20H20N2O3/c1-3-14-7-6-8-15(11-14)21-19(23)13-25-18-12-20(24)22(2)17-10-5-4-9-16(17)18/h4-12H,3,13H2,1-2H3,(H,21,23). The van der Waals surface area contributed by atoms with Gasteiger partial charge in [0.2, 0.25) is 0 Å². The molecule has 0 saturated heterocycles. The van der Waals surface area contributed by atoms with Gasteiger partial charge in [-0.15, -0.1) is 0 Å². The van der Waals surface area contributed by atoms with Crippen LogP contribution >= 0.6 is 0 Å². The quantitative estimate of drug-likeness (QED) is 0.779. The number of amides is 1. The second-order valence-corrected chi connectivity index (χ2v) is 5.81. The van der Waals surface area contributed by atoms with E-state index in [1.807, 2.05) is 48.5 Å². The lowest BCUT2D eigenvalue weighted by Gasteiger charge is -2.12. The second kappa shape index (κ2) is 7.21. The first-order valence-electron chi connectivity index (χ1n) is 8.19. The SMILES string of the molecule is CCc1cccc(NC(=O)COc2cc(=O)n(C)c3ccccc23)c1. The maximum Gasteiger partial charge on any atom is 0.262 e. The molecule has 0 saturated carbocycles. The van der Waals surface area contributed by atoms with Gasteiger partial charge in [-0.3, -0.25) is 9.59 Å². The summed E-state index contributed by atoms with van der Waals surface area (Å²) in [5.41, 5.74) is 2.48. The van der Waals surface area contributed by atoms with Gasteiger partial charge in [-0.2, -0.15) is 0 Å². The van der Waals surface area contributed by atoms with E-state index in [0.29, 0.717) is 5.75 Å². The van der Waals surface area contributed by atoms with Crippen LogP contribution in [-0.4, -0.2) is 17.1 Å². The van der Waals surface area contributed by atoms with Crippen molar-refractivity contribution in [2.75, 3.05) is 11.9 Å². The van der Waals surface area contributed by atoms with E-state index in [-0.39, 0.29) is 18.1 Å². The van der Waals surface area contributed by atoms with Crippen molar-refractivity contribution in [2.24, 2.45) is 7.05 Å². The number of carbonyl (C=O) groups is 1. The number of anilines is 1. The lowest BCUT2D eigenvalue weighted by atomic mass is 10.1. The van der Waals surface area contributed by atoms with Gasteiger partial charge in [-0.05, 0) is 36.2 Å². The lowest BCUT2D eigenvalue weighted by Crippen LogP contribution is -2.22. The van der Waals surface area contributed by atoms with Crippen LogP contribution in [0.2, 0.25) is 0 Å². The molecule has 1 amide bonds. The Bertz CT molecular complexity index is 976. The fourth-order valence-electron chi connectivity index (χ4n) is 2.71. The minimum absolute atomic E-state index is 0.159. The molecule has 1 aromatic heterocycles. The van der Waals surface area contributed by atoms with Gasteiger partial charge in [0.05, 0.1) is 5.52 Å². The van der Waals surface area contributed by atoms with Crippen LogP contribution < -0.4 is 15.6 Å². The minimum atomic E-state index is -0.266. The van der Waals surface area contributed by atoms with E-state index in [2.05, 4.69) is 12.2 Å². The fourth-order valence-corrected chi connectivity index (χ4v) is 2.71. The van der Waals surface area contributed by atoms with Gasteiger partial charge in [0.15, 0.2) is 6.61 Å². The zero-order chi connectivity index (χ0) is 17.8. The Balaban J connectivity index is 1.75. The molecule has 2 aromatic carbocycles. The van der Waals surface area contributed by atoms with Crippen molar-refractivity contribution < 1.29 is 9.53 Å². The smallest absolute Gasteiger partial charge is 0.262 e. The summed E-state index contributed by atoms with van der Waals surface area (Å²) >= 11 is 0. The van der Waals surface area contributed by atoms with E-state index >= 15 is 0 Å². The molecule has 0 aliphatic carbocycles. The van der Waals surface area contributed by atoms with Gasteiger partial charge in [-0.25, -0.2) is 0 Å². The third-order valence-corrected chi connectivity index (χ3v) is 4.09. The van der Waals surface area contributed by atoms with Crippen LogP contribution in [-0.2, 0) is 18.3 Å². The normalized spacial score (nSPS) is 10.6. The van der Waals surface area contributed by atoms with Crippen LogP contribution in [0.15, 0.2) is 59.4 Å². The highest BCUT2D eigenvalue weighted by Gasteiger charge is 2.10. The number of nitrogens with one attached hydrogen (secondary N) is 1. The molecule has 128 valence electrons. The Morgan fingerprint density at radius 1 is 1.12 bits per heavy atom. The van der Waals surface area contributed by atoms with Crippen LogP contribution in [0.4, 0.5) is 5.69 Å². The third-order valence-electron chi connectivity index (χ3n) is 4.09. The third kappa shape index (κ3) is 3.71. The molecule has 0 bridgehead atoms. The van der Waals surface area contributed by atoms with Crippen molar-refractivity contribution in [1.29, 1.82) is 0 Å². The summed E-state index contributed by atoms with van der Waals surface area (Å²) in [5.74, 6) is 0.147. The Labute approximate surface area is 145 Å². The number of fused-ring (bicyclic) bond motifs is 1. The topological polar surface area (TPSA) is 60.3 Å². The number of ether oxygens (including phenoxy) is 1. The van der Waals surface area contributed by atoms with Crippen LogP contribution in [0.5, 0.6) is 5.75 Å². The molecule has 0 aliphatic rings. The number of para-hydroxylation sites is 1. The summed E-state index contributed by atoms with van der Waals surface area (Å²) in [5, 5.41) is 3.61. The van der Waals surface area contributed by atoms with Gasteiger partial charge in [0, 0.05) is 24.2 Å². The number of benzene rings is 2. The predicted octanol–water partition coefficient (Wildman–Crippen LogP) is 3.12. The van der Waals surface area contributed by atoms with Crippen molar-refractivity contribution in [3.63, 3.8) is 0 Å². The van der Waals surface area contributed by atoms with E-state index < -0.39 is 0 Å². The van der Waals surface area contributed by atoms with Gasteiger partial charge in [0.1, 0.15) is 5.75 Å². The first-order valence-corrected chi connectivity index (χ1v) is 8.19. The minimum Gasteiger partial charge on any atom is -0.483 e. The average Bonchev–Trinajstić information content (AvgIpc) is 2.63. The molecule has 0 radical (unpaired) electrons. The molecule has 0 unspecified atom stereocenters. The summed E-state index contributed by atoms with van der Waals surface area (Å²) in [6, 6.07) is 16.5. The van der Waals surface area contributed by atoms with Crippen LogP contribution in [0.3, 0.4) is 0 Å². The van der Waals surface area contributed by atoms with Gasteiger partial charge < -0.3 is 14.6 Å².